The van der Waals surface area contributed by atoms with Crippen LogP contribution in [0.2, 0.25) is 0 Å². The Bertz CT molecular complexity index is 570. The molecule has 1 aromatic carbocycles. The topological polar surface area (TPSA) is 75.1 Å². The summed E-state index contributed by atoms with van der Waals surface area (Å²) in [7, 11) is 1.66. The van der Waals surface area contributed by atoms with Crippen LogP contribution in [-0.2, 0) is 11.3 Å². The van der Waals surface area contributed by atoms with Crippen molar-refractivity contribution in [3.63, 3.8) is 0 Å². The van der Waals surface area contributed by atoms with Gasteiger partial charge in [-0.25, -0.2) is 0 Å². The van der Waals surface area contributed by atoms with E-state index in [-0.39, 0.29) is 41.7 Å². The summed E-state index contributed by atoms with van der Waals surface area (Å²) in [6.07, 6.45) is 1.56. The second kappa shape index (κ2) is 11.5. The summed E-state index contributed by atoms with van der Waals surface area (Å²) in [5, 5.41) is 15.7. The van der Waals surface area contributed by atoms with Crippen molar-refractivity contribution in [2.24, 2.45) is 10.4 Å². The van der Waals surface area contributed by atoms with E-state index in [1.165, 1.54) is 6.07 Å². The molecule has 148 valence electrons. The molecule has 26 heavy (non-hydrogen) atoms. The number of rotatable bonds is 8. The van der Waals surface area contributed by atoms with Gasteiger partial charge in [0.25, 0.3) is 0 Å². The summed E-state index contributed by atoms with van der Waals surface area (Å²) < 4.78 is 34.4. The highest BCUT2D eigenvalue weighted by molar-refractivity contribution is 14.0. The Morgan fingerprint density at radius 1 is 1.42 bits per heavy atom. The smallest absolute Gasteiger partial charge is 0.387 e. The van der Waals surface area contributed by atoms with Crippen molar-refractivity contribution in [3.8, 4) is 5.75 Å². The number of alkyl halides is 2. The van der Waals surface area contributed by atoms with E-state index in [4.69, 9.17) is 4.74 Å². The first-order chi connectivity index (χ1) is 12.1. The zero-order chi connectivity index (χ0) is 18.1. The molecular formula is C17H26F2IN3O3. The molecule has 0 aromatic heterocycles. The maximum absolute atomic E-state index is 12.3. The Hall–Kier alpha value is -1.20. The van der Waals surface area contributed by atoms with Crippen molar-refractivity contribution in [3.05, 3.63) is 29.8 Å². The predicted molar refractivity (Wildman–Crippen MR) is 106 cm³/mol. The third kappa shape index (κ3) is 7.20. The lowest BCUT2D eigenvalue weighted by Gasteiger charge is -2.27. The van der Waals surface area contributed by atoms with Crippen LogP contribution in [0.15, 0.2) is 29.3 Å². The van der Waals surface area contributed by atoms with Gasteiger partial charge in [-0.2, -0.15) is 8.78 Å². The highest BCUT2D eigenvalue weighted by Crippen LogP contribution is 2.31. The highest BCUT2D eigenvalue weighted by atomic mass is 127. The lowest BCUT2D eigenvalue weighted by Crippen LogP contribution is -2.44. The van der Waals surface area contributed by atoms with Crippen molar-refractivity contribution in [2.75, 3.05) is 33.4 Å². The fourth-order valence-corrected chi connectivity index (χ4v) is 2.82. The monoisotopic (exact) mass is 485 g/mol. The average Bonchev–Trinajstić information content (AvgIpc) is 3.04. The van der Waals surface area contributed by atoms with Gasteiger partial charge in [-0.3, -0.25) is 4.99 Å². The molecule has 1 fully saturated rings. The third-order valence-electron chi connectivity index (χ3n) is 4.27. The second-order valence-electron chi connectivity index (χ2n) is 6.08. The van der Waals surface area contributed by atoms with Gasteiger partial charge < -0.3 is 25.2 Å². The zero-order valence-electron chi connectivity index (χ0n) is 14.7. The van der Waals surface area contributed by atoms with Crippen LogP contribution < -0.4 is 15.4 Å². The Labute approximate surface area is 169 Å². The molecule has 1 saturated heterocycles. The van der Waals surface area contributed by atoms with E-state index in [0.717, 1.165) is 12.0 Å². The maximum Gasteiger partial charge on any atom is 0.387 e. The van der Waals surface area contributed by atoms with Crippen molar-refractivity contribution in [1.82, 2.24) is 10.6 Å². The molecule has 2 rings (SSSR count). The lowest BCUT2D eigenvalue weighted by molar-refractivity contribution is -0.0498. The zero-order valence-corrected chi connectivity index (χ0v) is 17.0. The van der Waals surface area contributed by atoms with Gasteiger partial charge in [-0.15, -0.1) is 24.0 Å². The van der Waals surface area contributed by atoms with Gasteiger partial charge in [0.2, 0.25) is 0 Å². The molecule has 1 atom stereocenters. The average molecular weight is 485 g/mol. The minimum Gasteiger partial charge on any atom is -0.435 e. The molecular weight excluding hydrogens is 459 g/mol. The van der Waals surface area contributed by atoms with Gasteiger partial charge in [-0.1, -0.05) is 12.1 Å². The quantitative estimate of drug-likeness (QED) is 0.300. The van der Waals surface area contributed by atoms with Gasteiger partial charge in [0.05, 0.1) is 6.61 Å². The SMILES string of the molecule is CN=C(NCc1cccc(OC(F)F)c1)NCC1(CCO)CCOC1.I. The first-order valence-electron chi connectivity index (χ1n) is 8.24. The summed E-state index contributed by atoms with van der Waals surface area (Å²) in [6, 6.07) is 6.53. The molecule has 0 spiro atoms. The van der Waals surface area contributed by atoms with Crippen LogP contribution in [0.3, 0.4) is 0 Å². The molecule has 9 heteroatoms. The van der Waals surface area contributed by atoms with Gasteiger partial charge in [0.1, 0.15) is 5.75 Å². The minimum atomic E-state index is -2.84. The standard InChI is InChI=1S/C17H25F2N3O3.HI/c1-20-16(22-11-17(5-7-23)6-8-24-12-17)21-10-13-3-2-4-14(9-13)25-15(18)19;/h2-4,9,15,23H,5-8,10-12H2,1H3,(H2,20,21,22);1H. The normalized spacial score (nSPS) is 20.0. The number of nitrogens with one attached hydrogen (secondary N) is 2. The Morgan fingerprint density at radius 2 is 2.23 bits per heavy atom. The van der Waals surface area contributed by atoms with E-state index in [0.29, 0.717) is 38.7 Å². The fraction of sp³-hybridized carbons (Fsp3) is 0.588. The van der Waals surface area contributed by atoms with E-state index in [1.807, 2.05) is 6.07 Å². The minimum absolute atomic E-state index is 0. The number of hydrogen-bond donors (Lipinski definition) is 3. The van der Waals surface area contributed by atoms with E-state index >= 15 is 0 Å². The molecule has 1 aromatic rings. The molecule has 0 aliphatic carbocycles. The number of hydrogen-bond acceptors (Lipinski definition) is 4. The summed E-state index contributed by atoms with van der Waals surface area (Å²) >= 11 is 0. The molecule has 0 saturated carbocycles. The predicted octanol–water partition coefficient (Wildman–Crippen LogP) is 2.36. The molecule has 1 aliphatic rings. The number of aliphatic hydroxyl groups is 1. The van der Waals surface area contributed by atoms with Crippen LogP contribution in [0, 0.1) is 5.41 Å². The van der Waals surface area contributed by atoms with Crippen LogP contribution in [0.5, 0.6) is 5.75 Å². The van der Waals surface area contributed by atoms with Crippen LogP contribution in [0.4, 0.5) is 8.78 Å². The Kier molecular flexibility index (Phi) is 10.1. The number of halogens is 3. The Balaban J connectivity index is 0.00000338. The molecule has 3 N–H and O–H groups in total. The number of benzene rings is 1. The number of ether oxygens (including phenoxy) is 2. The molecule has 1 unspecified atom stereocenters. The van der Waals surface area contributed by atoms with Gasteiger partial charge in [0, 0.05) is 38.8 Å². The molecule has 0 bridgehead atoms. The first kappa shape index (κ1) is 22.8. The van der Waals surface area contributed by atoms with Crippen LogP contribution in [-0.4, -0.2) is 51.1 Å². The van der Waals surface area contributed by atoms with Gasteiger partial charge in [0.15, 0.2) is 5.96 Å². The number of nitrogens with zero attached hydrogens (tertiary/aromatic N) is 1. The second-order valence-corrected chi connectivity index (χ2v) is 6.08. The fourth-order valence-electron chi connectivity index (χ4n) is 2.82. The molecule has 1 aliphatic heterocycles. The van der Waals surface area contributed by atoms with Crippen molar-refractivity contribution in [1.29, 1.82) is 0 Å². The van der Waals surface area contributed by atoms with Crippen molar-refractivity contribution < 1.29 is 23.4 Å². The largest absolute Gasteiger partial charge is 0.435 e. The molecule has 0 amide bonds. The van der Waals surface area contributed by atoms with Crippen molar-refractivity contribution >= 4 is 29.9 Å². The van der Waals surface area contributed by atoms with E-state index in [1.54, 1.807) is 19.2 Å². The Morgan fingerprint density at radius 3 is 2.85 bits per heavy atom. The summed E-state index contributed by atoms with van der Waals surface area (Å²) in [4.78, 5) is 4.17. The van der Waals surface area contributed by atoms with Gasteiger partial charge in [-0.05, 0) is 30.5 Å². The van der Waals surface area contributed by atoms with Crippen LogP contribution in [0.25, 0.3) is 0 Å². The van der Waals surface area contributed by atoms with Gasteiger partial charge >= 0.3 is 6.61 Å². The lowest BCUT2D eigenvalue weighted by atomic mass is 9.84. The third-order valence-corrected chi connectivity index (χ3v) is 4.27. The molecule has 6 nitrogen and oxygen atoms in total. The van der Waals surface area contributed by atoms with E-state index < -0.39 is 6.61 Å². The van der Waals surface area contributed by atoms with Crippen LogP contribution in [0.1, 0.15) is 18.4 Å². The maximum atomic E-state index is 12.3. The van der Waals surface area contributed by atoms with Crippen LogP contribution >= 0.6 is 24.0 Å². The van der Waals surface area contributed by atoms with E-state index in [2.05, 4.69) is 20.4 Å². The van der Waals surface area contributed by atoms with Crippen molar-refractivity contribution in [2.45, 2.75) is 26.0 Å². The summed E-state index contributed by atoms with van der Waals surface area (Å²) in [5.41, 5.74) is 0.715. The van der Waals surface area contributed by atoms with E-state index in [9.17, 15) is 13.9 Å². The molecule has 0 radical (unpaired) electrons. The number of guanidine groups is 1. The summed E-state index contributed by atoms with van der Waals surface area (Å²) in [5.74, 6) is 0.728. The number of aliphatic hydroxyl groups excluding tert-OH is 1. The number of aliphatic imine (C=N–C) groups is 1. The highest BCUT2D eigenvalue weighted by Gasteiger charge is 2.34. The first-order valence-corrected chi connectivity index (χ1v) is 8.24. The molecule has 1 heterocycles. The summed E-state index contributed by atoms with van der Waals surface area (Å²) in [6.45, 7) is -0.344.